The molecule has 0 heterocycles. The minimum Gasteiger partial charge on any atom is -0.478 e. The molecule has 2 aromatic rings. The Kier molecular flexibility index (Phi) is 5.45. The molecule has 5 nitrogen and oxygen atoms in total. The lowest BCUT2D eigenvalue weighted by molar-refractivity contribution is -0.152. The molecule has 0 bridgehead atoms. The second-order valence-electron chi connectivity index (χ2n) is 6.01. The minimum absolute atomic E-state index is 0.399. The molecule has 0 radical (unpaired) electrons. The highest BCUT2D eigenvalue weighted by molar-refractivity contribution is 6.04. The Hall–Kier alpha value is -3.26. The van der Waals surface area contributed by atoms with E-state index in [2.05, 4.69) is 17.2 Å². The Labute approximate surface area is 146 Å². The fraction of sp³-hybridized carbons (Fsp3) is 0.200. The van der Waals surface area contributed by atoms with Crippen LogP contribution in [0.4, 0.5) is 5.69 Å². The van der Waals surface area contributed by atoms with Gasteiger partial charge in [0.15, 0.2) is 5.60 Å². The number of carboxylic acids is 1. The quantitative estimate of drug-likeness (QED) is 0.840. The van der Waals surface area contributed by atoms with Crippen molar-refractivity contribution in [3.05, 3.63) is 59.7 Å². The first-order valence-corrected chi connectivity index (χ1v) is 7.68. The molecule has 128 valence electrons. The summed E-state index contributed by atoms with van der Waals surface area (Å²) in [6.45, 7) is 4.91. The van der Waals surface area contributed by atoms with Gasteiger partial charge in [0.05, 0.1) is 0 Å². The van der Waals surface area contributed by atoms with Crippen LogP contribution in [-0.2, 0) is 9.59 Å². The zero-order valence-electron chi connectivity index (χ0n) is 14.3. The number of carbonyl (C=O) groups excluding carboxylic acids is 1. The molecule has 0 unspecified atom stereocenters. The van der Waals surface area contributed by atoms with E-state index in [4.69, 9.17) is 9.84 Å². The topological polar surface area (TPSA) is 75.6 Å². The molecular formula is C20H19NO4. The van der Waals surface area contributed by atoms with E-state index in [9.17, 15) is 9.59 Å². The van der Waals surface area contributed by atoms with Gasteiger partial charge in [0.2, 0.25) is 0 Å². The van der Waals surface area contributed by atoms with Gasteiger partial charge in [-0.25, -0.2) is 4.79 Å². The second kappa shape index (κ2) is 7.54. The van der Waals surface area contributed by atoms with Gasteiger partial charge < -0.3 is 15.2 Å². The smallest absolute Gasteiger partial charge is 0.347 e. The maximum atomic E-state index is 11.9. The molecule has 0 fully saturated rings. The van der Waals surface area contributed by atoms with Crippen LogP contribution < -0.4 is 10.1 Å². The standard InChI is InChI=1S/C20H19NO4/c1-14-4-6-15(7-5-14)8-13-18(22)21-16-9-11-17(12-10-16)25-20(2,3)19(23)24/h4-7,9-12H,1-3H3,(H,21,22)(H,23,24). The maximum absolute atomic E-state index is 11.9. The third-order valence-electron chi connectivity index (χ3n) is 3.37. The number of benzene rings is 2. The van der Waals surface area contributed by atoms with Gasteiger partial charge in [0, 0.05) is 17.2 Å². The number of hydrogen-bond donors (Lipinski definition) is 2. The summed E-state index contributed by atoms with van der Waals surface area (Å²) in [5.74, 6) is 4.23. The lowest BCUT2D eigenvalue weighted by Crippen LogP contribution is -2.37. The van der Waals surface area contributed by atoms with Crippen molar-refractivity contribution in [1.82, 2.24) is 0 Å². The summed E-state index contributed by atoms with van der Waals surface area (Å²) in [6.07, 6.45) is 0. The first-order chi connectivity index (χ1) is 11.8. The van der Waals surface area contributed by atoms with E-state index in [1.807, 2.05) is 31.2 Å². The van der Waals surface area contributed by atoms with Crippen LogP contribution in [0.2, 0.25) is 0 Å². The lowest BCUT2D eigenvalue weighted by Gasteiger charge is -2.21. The van der Waals surface area contributed by atoms with Crippen molar-refractivity contribution < 1.29 is 19.4 Å². The van der Waals surface area contributed by atoms with Gasteiger partial charge in [0.25, 0.3) is 0 Å². The van der Waals surface area contributed by atoms with Crippen LogP contribution in [-0.4, -0.2) is 22.6 Å². The molecule has 0 aromatic heterocycles. The summed E-state index contributed by atoms with van der Waals surface area (Å²) in [5, 5.41) is 11.7. The number of ether oxygens (including phenoxy) is 1. The summed E-state index contributed by atoms with van der Waals surface area (Å²) in [4.78, 5) is 22.9. The number of aryl methyl sites for hydroxylation is 1. The van der Waals surface area contributed by atoms with Crippen molar-refractivity contribution in [1.29, 1.82) is 0 Å². The Bertz CT molecular complexity index is 825. The molecule has 0 spiro atoms. The Morgan fingerprint density at radius 2 is 1.64 bits per heavy atom. The molecule has 2 rings (SSSR count). The van der Waals surface area contributed by atoms with Gasteiger partial charge in [-0.2, -0.15) is 0 Å². The molecule has 0 atom stereocenters. The highest BCUT2D eigenvalue weighted by Crippen LogP contribution is 2.21. The largest absolute Gasteiger partial charge is 0.478 e. The molecule has 0 saturated carbocycles. The first kappa shape index (κ1) is 18.1. The maximum Gasteiger partial charge on any atom is 0.347 e. The van der Waals surface area contributed by atoms with Crippen molar-refractivity contribution in [3.8, 4) is 17.6 Å². The Morgan fingerprint density at radius 1 is 1.04 bits per heavy atom. The molecule has 2 aromatic carbocycles. The van der Waals surface area contributed by atoms with E-state index in [0.29, 0.717) is 11.4 Å². The van der Waals surface area contributed by atoms with Crippen LogP contribution in [0.1, 0.15) is 25.0 Å². The summed E-state index contributed by atoms with van der Waals surface area (Å²) in [5.41, 5.74) is 1.11. The minimum atomic E-state index is -1.33. The van der Waals surface area contributed by atoms with E-state index < -0.39 is 17.5 Å². The monoisotopic (exact) mass is 337 g/mol. The van der Waals surface area contributed by atoms with Crippen LogP contribution in [0.25, 0.3) is 0 Å². The van der Waals surface area contributed by atoms with Crippen LogP contribution in [0, 0.1) is 18.8 Å². The van der Waals surface area contributed by atoms with Crippen molar-refractivity contribution >= 4 is 17.6 Å². The van der Waals surface area contributed by atoms with Crippen molar-refractivity contribution in [2.75, 3.05) is 5.32 Å². The predicted molar refractivity (Wildman–Crippen MR) is 95.5 cm³/mol. The molecule has 0 aliphatic rings. The predicted octanol–water partition coefficient (Wildman–Crippen LogP) is 3.23. The van der Waals surface area contributed by atoms with Gasteiger partial charge in [-0.05, 0) is 57.2 Å². The summed E-state index contributed by atoms with van der Waals surface area (Å²) in [6, 6.07) is 14.0. The molecule has 0 aliphatic carbocycles. The Balaban J connectivity index is 1.98. The second-order valence-corrected chi connectivity index (χ2v) is 6.01. The van der Waals surface area contributed by atoms with E-state index >= 15 is 0 Å². The summed E-state index contributed by atoms with van der Waals surface area (Å²) < 4.78 is 5.40. The molecule has 5 heteroatoms. The molecule has 25 heavy (non-hydrogen) atoms. The van der Waals surface area contributed by atoms with Gasteiger partial charge in [-0.15, -0.1) is 0 Å². The van der Waals surface area contributed by atoms with Crippen molar-refractivity contribution in [2.45, 2.75) is 26.4 Å². The Morgan fingerprint density at radius 3 is 2.20 bits per heavy atom. The zero-order valence-corrected chi connectivity index (χ0v) is 14.3. The zero-order chi connectivity index (χ0) is 18.4. The van der Waals surface area contributed by atoms with Gasteiger partial charge in [-0.1, -0.05) is 23.6 Å². The third kappa shape index (κ3) is 5.40. The highest BCUT2D eigenvalue weighted by atomic mass is 16.5. The fourth-order valence-corrected chi connectivity index (χ4v) is 1.87. The molecule has 0 aliphatic heterocycles. The van der Waals surface area contributed by atoms with Crippen molar-refractivity contribution in [3.63, 3.8) is 0 Å². The number of carbonyl (C=O) groups is 2. The van der Waals surface area contributed by atoms with Crippen LogP contribution >= 0.6 is 0 Å². The molecule has 1 amide bonds. The number of rotatable bonds is 4. The van der Waals surface area contributed by atoms with Crippen LogP contribution in [0.5, 0.6) is 5.75 Å². The number of carboxylic acid groups (broad SMARTS) is 1. The number of anilines is 1. The highest BCUT2D eigenvalue weighted by Gasteiger charge is 2.29. The summed E-state index contributed by atoms with van der Waals surface area (Å²) in [7, 11) is 0. The average Bonchev–Trinajstić information content (AvgIpc) is 2.56. The number of aliphatic carboxylic acids is 1. The van der Waals surface area contributed by atoms with Gasteiger partial charge >= 0.3 is 11.9 Å². The first-order valence-electron chi connectivity index (χ1n) is 7.68. The molecule has 2 N–H and O–H groups in total. The van der Waals surface area contributed by atoms with E-state index in [1.54, 1.807) is 24.3 Å². The van der Waals surface area contributed by atoms with E-state index in [0.717, 1.165) is 11.1 Å². The fourth-order valence-electron chi connectivity index (χ4n) is 1.87. The van der Waals surface area contributed by atoms with E-state index in [-0.39, 0.29) is 0 Å². The summed E-state index contributed by atoms with van der Waals surface area (Å²) >= 11 is 0. The van der Waals surface area contributed by atoms with Crippen molar-refractivity contribution in [2.24, 2.45) is 0 Å². The molecular weight excluding hydrogens is 318 g/mol. The average molecular weight is 337 g/mol. The molecule has 0 saturated heterocycles. The lowest BCUT2D eigenvalue weighted by atomic mass is 10.1. The number of amides is 1. The number of hydrogen-bond acceptors (Lipinski definition) is 3. The SMILES string of the molecule is Cc1ccc(C#CC(=O)Nc2ccc(OC(C)(C)C(=O)O)cc2)cc1. The van der Waals surface area contributed by atoms with Gasteiger partial charge in [-0.3, -0.25) is 4.79 Å². The van der Waals surface area contributed by atoms with Crippen LogP contribution in [0.15, 0.2) is 48.5 Å². The van der Waals surface area contributed by atoms with Crippen LogP contribution in [0.3, 0.4) is 0 Å². The number of nitrogens with one attached hydrogen (secondary N) is 1. The van der Waals surface area contributed by atoms with E-state index in [1.165, 1.54) is 13.8 Å². The normalized spacial score (nSPS) is 10.4. The third-order valence-corrected chi connectivity index (χ3v) is 3.37. The van der Waals surface area contributed by atoms with Gasteiger partial charge in [0.1, 0.15) is 5.75 Å².